The molecule has 36 heavy (non-hydrogen) atoms. The van der Waals surface area contributed by atoms with E-state index in [9.17, 15) is 13.2 Å². The second-order valence-electron chi connectivity index (χ2n) is 10.7. The van der Waals surface area contributed by atoms with Gasteiger partial charge in [0.2, 0.25) is 0 Å². The quantitative estimate of drug-likeness (QED) is 0.233. The Morgan fingerprint density at radius 3 is 2.36 bits per heavy atom. The summed E-state index contributed by atoms with van der Waals surface area (Å²) in [6.07, 6.45) is -2.66. The summed E-state index contributed by atoms with van der Waals surface area (Å²) in [7, 11) is 0. The summed E-state index contributed by atoms with van der Waals surface area (Å²) in [5.74, 6) is 1.73. The second-order valence-corrected chi connectivity index (χ2v) is 10.7. The van der Waals surface area contributed by atoms with Crippen LogP contribution in [0.5, 0.6) is 11.5 Å². The van der Waals surface area contributed by atoms with Crippen molar-refractivity contribution in [2.24, 2.45) is 5.41 Å². The van der Waals surface area contributed by atoms with Gasteiger partial charge in [0.15, 0.2) is 0 Å². The molecule has 0 spiro atoms. The number of hydrogen-bond donors (Lipinski definition) is 0. The third-order valence-electron chi connectivity index (χ3n) is 7.42. The van der Waals surface area contributed by atoms with Gasteiger partial charge in [-0.2, -0.15) is 13.2 Å². The summed E-state index contributed by atoms with van der Waals surface area (Å²) in [5, 5.41) is 5.67. The number of nitrogens with zero attached hydrogens (tertiary/aromatic N) is 1. The van der Waals surface area contributed by atoms with Gasteiger partial charge in [0.1, 0.15) is 11.5 Å². The highest BCUT2D eigenvalue weighted by molar-refractivity contribution is 6.17. The van der Waals surface area contributed by atoms with Gasteiger partial charge in [-0.3, -0.25) is 4.98 Å². The van der Waals surface area contributed by atoms with Crippen LogP contribution in [0.15, 0.2) is 66.9 Å². The van der Waals surface area contributed by atoms with Crippen molar-refractivity contribution in [2.75, 3.05) is 0 Å². The van der Waals surface area contributed by atoms with E-state index in [-0.39, 0.29) is 12.3 Å². The van der Waals surface area contributed by atoms with Gasteiger partial charge in [-0.1, -0.05) is 70.2 Å². The molecular formula is C31H26F3NO. The van der Waals surface area contributed by atoms with E-state index >= 15 is 0 Å². The zero-order valence-corrected chi connectivity index (χ0v) is 20.6. The molecule has 0 bridgehead atoms. The average Bonchev–Trinajstić information content (AvgIpc) is 2.82. The van der Waals surface area contributed by atoms with E-state index in [0.29, 0.717) is 11.3 Å². The summed E-state index contributed by atoms with van der Waals surface area (Å²) < 4.78 is 48.0. The van der Waals surface area contributed by atoms with E-state index < -0.39 is 11.6 Å². The summed E-state index contributed by atoms with van der Waals surface area (Å²) in [4.78, 5) is 4.78. The van der Waals surface area contributed by atoms with Crippen molar-refractivity contribution in [3.8, 4) is 22.8 Å². The molecule has 5 heteroatoms. The first-order chi connectivity index (χ1) is 17.1. The normalized spacial score (nSPS) is 13.4. The number of pyridine rings is 1. The number of hydrogen-bond acceptors (Lipinski definition) is 2. The molecule has 0 atom stereocenters. The van der Waals surface area contributed by atoms with Gasteiger partial charge in [0.05, 0.1) is 16.5 Å². The van der Waals surface area contributed by atoms with Crippen LogP contribution in [0, 0.1) is 5.41 Å². The van der Waals surface area contributed by atoms with Crippen LogP contribution in [0.25, 0.3) is 43.6 Å². The fourth-order valence-corrected chi connectivity index (χ4v) is 5.54. The standard InChI is InChI=1S/C31H26F3NO/c1-17(2)25-21-11-6-5-8-18(21)14-23-28-27-22(12-13-35-28)26-19(15-24(27)36-29(23)25)9-7-10-20(26)16-30(3,4)31(32,33)34/h5-15,17H,16H2,1-4H3. The summed E-state index contributed by atoms with van der Waals surface area (Å²) in [6.45, 7) is 6.83. The molecule has 0 aliphatic carbocycles. The van der Waals surface area contributed by atoms with Crippen molar-refractivity contribution in [3.63, 3.8) is 0 Å². The number of rotatable bonds is 3. The van der Waals surface area contributed by atoms with Gasteiger partial charge < -0.3 is 4.74 Å². The van der Waals surface area contributed by atoms with Gasteiger partial charge in [-0.15, -0.1) is 0 Å². The Kier molecular flexibility index (Phi) is 4.88. The molecule has 0 N–H and O–H groups in total. The van der Waals surface area contributed by atoms with E-state index in [2.05, 4.69) is 32.0 Å². The number of alkyl halides is 3. The molecule has 0 fully saturated rings. The zero-order valence-electron chi connectivity index (χ0n) is 20.6. The molecule has 1 aliphatic rings. The molecule has 0 saturated heterocycles. The first-order valence-electron chi connectivity index (χ1n) is 12.2. The third-order valence-corrected chi connectivity index (χ3v) is 7.42. The molecule has 5 aromatic rings. The minimum absolute atomic E-state index is 0.112. The summed E-state index contributed by atoms with van der Waals surface area (Å²) in [6, 6.07) is 19.8. The number of ether oxygens (including phenoxy) is 1. The molecule has 0 unspecified atom stereocenters. The lowest BCUT2D eigenvalue weighted by molar-refractivity contribution is -0.210. The topological polar surface area (TPSA) is 22.1 Å². The number of benzene rings is 4. The van der Waals surface area contributed by atoms with Crippen molar-refractivity contribution >= 4 is 32.3 Å². The number of halogens is 3. The van der Waals surface area contributed by atoms with Crippen LogP contribution >= 0.6 is 0 Å². The van der Waals surface area contributed by atoms with Crippen LogP contribution in [-0.4, -0.2) is 11.2 Å². The van der Waals surface area contributed by atoms with Gasteiger partial charge >= 0.3 is 6.18 Å². The lowest BCUT2D eigenvalue weighted by Gasteiger charge is -2.29. The smallest absolute Gasteiger partial charge is 0.394 e. The van der Waals surface area contributed by atoms with Gasteiger partial charge in [-0.05, 0) is 63.0 Å². The largest absolute Gasteiger partial charge is 0.456 e. The van der Waals surface area contributed by atoms with Crippen LogP contribution in [0.3, 0.4) is 0 Å². The second kappa shape index (κ2) is 7.70. The SMILES string of the molecule is CC(C)c1c2c(cc3ccccc13)-c1nccc3c1c(cc1cccc(CC(C)(C)C(F)(F)F)c13)O2. The highest BCUT2D eigenvalue weighted by Gasteiger charge is 2.47. The molecule has 0 saturated carbocycles. The Labute approximate surface area is 207 Å². The summed E-state index contributed by atoms with van der Waals surface area (Å²) in [5.41, 5.74) is 1.68. The molecule has 182 valence electrons. The Morgan fingerprint density at radius 1 is 0.861 bits per heavy atom. The summed E-state index contributed by atoms with van der Waals surface area (Å²) >= 11 is 0. The van der Waals surface area contributed by atoms with E-state index in [1.54, 1.807) is 12.3 Å². The average molecular weight is 486 g/mol. The zero-order chi connectivity index (χ0) is 25.4. The lowest BCUT2D eigenvalue weighted by Crippen LogP contribution is -2.34. The molecular weight excluding hydrogens is 459 g/mol. The highest BCUT2D eigenvalue weighted by atomic mass is 19.4. The molecule has 1 aliphatic heterocycles. The molecule has 2 heterocycles. The maximum atomic E-state index is 13.8. The van der Waals surface area contributed by atoms with Gasteiger partial charge in [-0.25, -0.2) is 0 Å². The fourth-order valence-electron chi connectivity index (χ4n) is 5.54. The third kappa shape index (κ3) is 3.29. The van der Waals surface area contributed by atoms with Crippen molar-refractivity contribution in [1.29, 1.82) is 0 Å². The Bertz CT molecular complexity index is 1680. The van der Waals surface area contributed by atoms with E-state index in [1.807, 2.05) is 36.4 Å². The van der Waals surface area contributed by atoms with E-state index in [4.69, 9.17) is 9.72 Å². The van der Waals surface area contributed by atoms with E-state index in [1.165, 1.54) is 13.8 Å². The van der Waals surface area contributed by atoms with Crippen molar-refractivity contribution in [2.45, 2.75) is 46.2 Å². The lowest BCUT2D eigenvalue weighted by atomic mass is 9.82. The van der Waals surface area contributed by atoms with Crippen LogP contribution in [0.1, 0.15) is 44.7 Å². The van der Waals surface area contributed by atoms with Gasteiger partial charge in [0.25, 0.3) is 0 Å². The first kappa shape index (κ1) is 22.8. The van der Waals surface area contributed by atoms with E-state index in [0.717, 1.165) is 54.9 Å². The Morgan fingerprint density at radius 2 is 1.61 bits per heavy atom. The highest BCUT2D eigenvalue weighted by Crippen LogP contribution is 2.52. The van der Waals surface area contributed by atoms with Crippen molar-refractivity contribution < 1.29 is 17.9 Å². The van der Waals surface area contributed by atoms with Crippen LogP contribution < -0.4 is 4.74 Å². The molecule has 6 rings (SSSR count). The number of aromatic nitrogens is 1. The maximum Gasteiger partial charge on any atom is 0.394 e. The van der Waals surface area contributed by atoms with Crippen LogP contribution in [0.4, 0.5) is 13.2 Å². The predicted molar refractivity (Wildman–Crippen MR) is 140 cm³/mol. The molecule has 4 aromatic carbocycles. The fraction of sp³-hybridized carbons (Fsp3) is 0.258. The molecule has 0 radical (unpaired) electrons. The molecule has 2 nitrogen and oxygen atoms in total. The first-order valence-corrected chi connectivity index (χ1v) is 12.2. The molecule has 0 amide bonds. The van der Waals surface area contributed by atoms with Gasteiger partial charge in [0, 0.05) is 17.3 Å². The molecule has 1 aromatic heterocycles. The van der Waals surface area contributed by atoms with Crippen molar-refractivity contribution in [3.05, 3.63) is 78.0 Å². The van der Waals surface area contributed by atoms with Crippen LogP contribution in [-0.2, 0) is 6.42 Å². The Balaban J connectivity index is 1.68. The monoisotopic (exact) mass is 485 g/mol. The maximum absolute atomic E-state index is 13.8. The minimum Gasteiger partial charge on any atom is -0.456 e. The Hall–Kier alpha value is -3.60. The number of fused-ring (bicyclic) bond motifs is 5. The predicted octanol–water partition coefficient (Wildman–Crippen LogP) is 9.57. The minimum atomic E-state index is -4.31. The van der Waals surface area contributed by atoms with Crippen molar-refractivity contribution in [1.82, 2.24) is 4.98 Å². The van der Waals surface area contributed by atoms with Crippen LogP contribution in [0.2, 0.25) is 0 Å².